The van der Waals surface area contributed by atoms with E-state index in [4.69, 9.17) is 16.3 Å². The number of rotatable bonds is 7. The third kappa shape index (κ3) is 5.22. The molecule has 1 rings (SSSR count). The molecule has 1 aromatic rings. The second kappa shape index (κ2) is 7.33. The van der Waals surface area contributed by atoms with Crippen LogP contribution in [-0.4, -0.2) is 28.5 Å². The lowest BCUT2D eigenvalue weighted by molar-refractivity contribution is 0.325. The fraction of sp³-hybridized carbons (Fsp3) is 0.667. The van der Waals surface area contributed by atoms with Crippen LogP contribution < -0.4 is 10.1 Å². The van der Waals surface area contributed by atoms with Crippen LogP contribution in [0.3, 0.4) is 0 Å². The minimum absolute atomic E-state index is 0.219. The van der Waals surface area contributed by atoms with Gasteiger partial charge >= 0.3 is 0 Å². The van der Waals surface area contributed by atoms with Crippen molar-refractivity contribution >= 4 is 17.4 Å². The first-order valence-electron chi connectivity index (χ1n) is 6.02. The van der Waals surface area contributed by atoms with Crippen molar-refractivity contribution in [3.63, 3.8) is 0 Å². The van der Waals surface area contributed by atoms with Gasteiger partial charge in [0, 0.05) is 18.0 Å². The summed E-state index contributed by atoms with van der Waals surface area (Å²) in [7, 11) is 0. The maximum Gasteiger partial charge on any atom is 0.218 e. The Morgan fingerprint density at radius 1 is 1.41 bits per heavy atom. The molecule has 0 fully saturated rings. The summed E-state index contributed by atoms with van der Waals surface area (Å²) in [5, 5.41) is 3.45. The van der Waals surface area contributed by atoms with Crippen LogP contribution in [0.25, 0.3) is 0 Å². The number of hydrogen-bond acceptors (Lipinski definition) is 4. The van der Waals surface area contributed by atoms with Crippen LogP contribution >= 0.6 is 11.6 Å². The van der Waals surface area contributed by atoms with E-state index in [1.54, 1.807) is 0 Å². The van der Waals surface area contributed by atoms with Crippen molar-refractivity contribution in [3.8, 4) is 5.88 Å². The molecule has 0 saturated carbocycles. The number of halogens is 1. The predicted molar refractivity (Wildman–Crippen MR) is 71.0 cm³/mol. The highest BCUT2D eigenvalue weighted by molar-refractivity contribution is 6.20. The molecule has 0 radical (unpaired) electrons. The van der Waals surface area contributed by atoms with E-state index in [9.17, 15) is 0 Å². The number of anilines is 1. The number of aromatic nitrogens is 2. The molecule has 0 aliphatic carbocycles. The van der Waals surface area contributed by atoms with Gasteiger partial charge in [0.2, 0.25) is 5.88 Å². The average molecular weight is 258 g/mol. The number of ether oxygens (including phenoxy) is 1. The highest BCUT2D eigenvalue weighted by Gasteiger charge is 2.04. The molecule has 0 bridgehead atoms. The van der Waals surface area contributed by atoms with E-state index < -0.39 is 0 Å². The van der Waals surface area contributed by atoms with Gasteiger partial charge in [-0.05, 0) is 26.7 Å². The second-order valence-electron chi connectivity index (χ2n) is 3.79. The molecular formula is C12H20ClN3O. The first-order chi connectivity index (χ1) is 8.15. The maximum absolute atomic E-state index is 6.05. The highest BCUT2D eigenvalue weighted by atomic mass is 35.5. The van der Waals surface area contributed by atoms with Gasteiger partial charge < -0.3 is 10.1 Å². The van der Waals surface area contributed by atoms with Gasteiger partial charge in [0.15, 0.2) is 0 Å². The normalized spacial score (nSPS) is 12.2. The molecule has 0 aliphatic heterocycles. The lowest BCUT2D eigenvalue weighted by Crippen LogP contribution is -2.10. The summed E-state index contributed by atoms with van der Waals surface area (Å²) in [6.07, 6.45) is 1.90. The van der Waals surface area contributed by atoms with Gasteiger partial charge in [0.1, 0.15) is 11.6 Å². The summed E-state index contributed by atoms with van der Waals surface area (Å²) >= 11 is 6.05. The highest BCUT2D eigenvalue weighted by Crippen LogP contribution is 2.14. The third-order valence-electron chi connectivity index (χ3n) is 2.31. The largest absolute Gasteiger partial charge is 0.478 e. The Bertz CT molecular complexity index is 347. The molecular weight excluding hydrogens is 238 g/mol. The third-order valence-corrected chi connectivity index (χ3v) is 2.84. The zero-order valence-corrected chi connectivity index (χ0v) is 11.4. The standard InChI is InChI=1S/C12H20ClN3O/c1-4-10(13)6-7-14-11-8-12(17-5-2)16-9(3)15-11/h8,10H,4-7H2,1-3H3,(H,14,15,16). The van der Waals surface area contributed by atoms with Crippen LogP contribution in [0, 0.1) is 6.92 Å². The average Bonchev–Trinajstić information content (AvgIpc) is 2.28. The van der Waals surface area contributed by atoms with Gasteiger partial charge in [-0.1, -0.05) is 6.92 Å². The van der Waals surface area contributed by atoms with Gasteiger partial charge in [-0.15, -0.1) is 11.6 Å². The Morgan fingerprint density at radius 2 is 2.18 bits per heavy atom. The fourth-order valence-electron chi connectivity index (χ4n) is 1.41. The molecule has 4 nitrogen and oxygen atoms in total. The lowest BCUT2D eigenvalue weighted by Gasteiger charge is -2.10. The zero-order valence-electron chi connectivity index (χ0n) is 10.7. The zero-order chi connectivity index (χ0) is 12.7. The van der Waals surface area contributed by atoms with E-state index in [1.807, 2.05) is 19.9 Å². The minimum atomic E-state index is 0.219. The predicted octanol–water partition coefficient (Wildman–Crippen LogP) is 3.00. The van der Waals surface area contributed by atoms with E-state index in [0.717, 1.165) is 25.2 Å². The van der Waals surface area contributed by atoms with Crippen molar-refractivity contribution in [2.75, 3.05) is 18.5 Å². The van der Waals surface area contributed by atoms with Crippen LogP contribution in [0.4, 0.5) is 5.82 Å². The molecule has 17 heavy (non-hydrogen) atoms. The number of nitrogens with one attached hydrogen (secondary N) is 1. The smallest absolute Gasteiger partial charge is 0.218 e. The van der Waals surface area contributed by atoms with Gasteiger partial charge in [-0.3, -0.25) is 0 Å². The Hall–Kier alpha value is -1.03. The van der Waals surface area contributed by atoms with Crippen molar-refractivity contribution in [2.24, 2.45) is 0 Å². The van der Waals surface area contributed by atoms with Crippen molar-refractivity contribution < 1.29 is 4.74 Å². The molecule has 0 amide bonds. The molecule has 1 heterocycles. The topological polar surface area (TPSA) is 47.0 Å². The molecule has 0 spiro atoms. The van der Waals surface area contributed by atoms with Crippen molar-refractivity contribution in [2.45, 2.75) is 39.0 Å². The summed E-state index contributed by atoms with van der Waals surface area (Å²) < 4.78 is 5.36. The van der Waals surface area contributed by atoms with Gasteiger partial charge in [-0.2, -0.15) is 4.98 Å². The molecule has 1 N–H and O–H groups in total. The summed E-state index contributed by atoms with van der Waals surface area (Å²) in [5.41, 5.74) is 0. The Morgan fingerprint density at radius 3 is 2.82 bits per heavy atom. The SMILES string of the molecule is CCOc1cc(NCCC(Cl)CC)nc(C)n1. The van der Waals surface area contributed by atoms with Gasteiger partial charge in [-0.25, -0.2) is 4.98 Å². The van der Waals surface area contributed by atoms with E-state index in [2.05, 4.69) is 22.2 Å². The van der Waals surface area contributed by atoms with Crippen molar-refractivity contribution in [1.82, 2.24) is 9.97 Å². The molecule has 0 aliphatic rings. The quantitative estimate of drug-likeness (QED) is 0.763. The molecule has 96 valence electrons. The molecule has 0 aromatic carbocycles. The number of hydrogen-bond donors (Lipinski definition) is 1. The van der Waals surface area contributed by atoms with Crippen molar-refractivity contribution in [1.29, 1.82) is 0 Å². The minimum Gasteiger partial charge on any atom is -0.478 e. The van der Waals surface area contributed by atoms with Crippen LogP contribution in [0.2, 0.25) is 0 Å². The van der Waals surface area contributed by atoms with Crippen molar-refractivity contribution in [3.05, 3.63) is 11.9 Å². The number of aryl methyl sites for hydroxylation is 1. The lowest BCUT2D eigenvalue weighted by atomic mass is 10.2. The van der Waals surface area contributed by atoms with E-state index >= 15 is 0 Å². The first kappa shape index (κ1) is 14.0. The molecule has 1 unspecified atom stereocenters. The first-order valence-corrected chi connectivity index (χ1v) is 6.45. The Balaban J connectivity index is 2.52. The van der Waals surface area contributed by atoms with Crippen LogP contribution in [-0.2, 0) is 0 Å². The fourth-order valence-corrected chi connectivity index (χ4v) is 1.52. The van der Waals surface area contributed by atoms with E-state index in [-0.39, 0.29) is 5.38 Å². The maximum atomic E-state index is 6.05. The van der Waals surface area contributed by atoms with Gasteiger partial charge in [0.25, 0.3) is 0 Å². The Kier molecular flexibility index (Phi) is 6.05. The van der Waals surface area contributed by atoms with Crippen LogP contribution in [0.15, 0.2) is 6.07 Å². The van der Waals surface area contributed by atoms with E-state index in [0.29, 0.717) is 18.3 Å². The van der Waals surface area contributed by atoms with Crippen LogP contribution in [0.1, 0.15) is 32.5 Å². The monoisotopic (exact) mass is 257 g/mol. The molecule has 1 aromatic heterocycles. The molecule has 1 atom stereocenters. The summed E-state index contributed by atoms with van der Waals surface area (Å²) in [5.74, 6) is 2.11. The van der Waals surface area contributed by atoms with Gasteiger partial charge in [0.05, 0.1) is 6.61 Å². The van der Waals surface area contributed by atoms with E-state index in [1.165, 1.54) is 0 Å². The molecule has 0 saturated heterocycles. The second-order valence-corrected chi connectivity index (χ2v) is 4.41. The summed E-state index contributed by atoms with van der Waals surface area (Å²) in [4.78, 5) is 8.48. The Labute approximate surface area is 108 Å². The number of nitrogens with zero attached hydrogens (tertiary/aromatic N) is 2. The van der Waals surface area contributed by atoms with Crippen LogP contribution in [0.5, 0.6) is 5.88 Å². The molecule has 5 heteroatoms. The summed E-state index contributed by atoms with van der Waals surface area (Å²) in [6, 6.07) is 1.81. The number of alkyl halides is 1. The summed E-state index contributed by atoms with van der Waals surface area (Å²) in [6.45, 7) is 7.28.